The number of para-hydroxylation sites is 2. The smallest absolute Gasteiger partial charge is 0.274 e. The molecule has 0 saturated carbocycles. The van der Waals surface area contributed by atoms with E-state index in [1.807, 2.05) is 32.0 Å². The molecule has 0 bridgehead atoms. The molecule has 0 radical (unpaired) electrons. The molecule has 0 unspecified atom stereocenters. The Kier molecular flexibility index (Phi) is 5.81. The van der Waals surface area contributed by atoms with Crippen LogP contribution in [0.15, 0.2) is 64.2 Å². The predicted molar refractivity (Wildman–Crippen MR) is 110 cm³/mol. The zero-order valence-corrected chi connectivity index (χ0v) is 17.0. The molecule has 0 aliphatic heterocycles. The zero-order chi connectivity index (χ0) is 20.3. The number of carbonyl (C=O) groups is 1. The lowest BCUT2D eigenvalue weighted by atomic mass is 10.1. The van der Waals surface area contributed by atoms with Crippen LogP contribution < -0.4 is 9.62 Å². The van der Waals surface area contributed by atoms with Crippen molar-refractivity contribution in [1.29, 1.82) is 0 Å². The largest absolute Gasteiger partial charge is 0.324 e. The molecule has 0 saturated heterocycles. The van der Waals surface area contributed by atoms with Crippen molar-refractivity contribution in [2.75, 3.05) is 16.2 Å². The van der Waals surface area contributed by atoms with Crippen molar-refractivity contribution in [2.45, 2.75) is 18.1 Å². The molecule has 28 heavy (non-hydrogen) atoms. The van der Waals surface area contributed by atoms with E-state index >= 15 is 0 Å². The highest BCUT2D eigenvalue weighted by atomic mass is 32.2. The summed E-state index contributed by atoms with van der Waals surface area (Å²) in [7, 11) is -4.09. The maximum atomic E-state index is 14.4. The summed E-state index contributed by atoms with van der Waals surface area (Å²) >= 11 is 1.01. The molecule has 0 aliphatic rings. The van der Waals surface area contributed by atoms with Gasteiger partial charge in [0, 0.05) is 5.69 Å². The number of thiophene rings is 1. The number of hydrogen-bond donors (Lipinski definition) is 1. The minimum Gasteiger partial charge on any atom is -0.324 e. The van der Waals surface area contributed by atoms with E-state index in [1.54, 1.807) is 11.4 Å². The minimum absolute atomic E-state index is 0.0376. The van der Waals surface area contributed by atoms with Gasteiger partial charge in [-0.1, -0.05) is 36.4 Å². The van der Waals surface area contributed by atoms with Crippen LogP contribution in [0.25, 0.3) is 0 Å². The van der Waals surface area contributed by atoms with Gasteiger partial charge in [-0.25, -0.2) is 12.8 Å². The fourth-order valence-corrected chi connectivity index (χ4v) is 5.33. The van der Waals surface area contributed by atoms with Gasteiger partial charge in [0.05, 0.1) is 5.69 Å². The summed E-state index contributed by atoms with van der Waals surface area (Å²) in [6, 6.07) is 14.1. The number of anilines is 2. The number of nitrogens with one attached hydrogen (secondary N) is 1. The number of hydrogen-bond acceptors (Lipinski definition) is 4. The molecule has 0 aliphatic carbocycles. The monoisotopic (exact) mass is 418 g/mol. The van der Waals surface area contributed by atoms with Gasteiger partial charge in [0.15, 0.2) is 0 Å². The molecule has 3 rings (SSSR count). The molecule has 2 aromatic carbocycles. The Morgan fingerprint density at radius 2 is 1.71 bits per heavy atom. The van der Waals surface area contributed by atoms with Gasteiger partial charge >= 0.3 is 0 Å². The van der Waals surface area contributed by atoms with E-state index in [0.29, 0.717) is 5.69 Å². The highest BCUT2D eigenvalue weighted by molar-refractivity contribution is 7.94. The van der Waals surface area contributed by atoms with Gasteiger partial charge in [0.2, 0.25) is 5.91 Å². The first kappa shape index (κ1) is 20.0. The van der Waals surface area contributed by atoms with Crippen LogP contribution in [-0.4, -0.2) is 20.9 Å². The van der Waals surface area contributed by atoms with Crippen molar-refractivity contribution < 1.29 is 17.6 Å². The van der Waals surface area contributed by atoms with Gasteiger partial charge < -0.3 is 5.32 Å². The van der Waals surface area contributed by atoms with Crippen LogP contribution in [0, 0.1) is 19.7 Å². The topological polar surface area (TPSA) is 66.5 Å². The van der Waals surface area contributed by atoms with Crippen LogP contribution >= 0.6 is 11.3 Å². The summed E-state index contributed by atoms with van der Waals surface area (Å²) in [4.78, 5) is 12.7. The number of nitrogens with zero attached hydrogens (tertiary/aromatic N) is 1. The maximum absolute atomic E-state index is 14.4. The van der Waals surface area contributed by atoms with Gasteiger partial charge in [0.1, 0.15) is 16.6 Å². The van der Waals surface area contributed by atoms with Gasteiger partial charge in [-0.3, -0.25) is 9.10 Å². The number of rotatable bonds is 6. The van der Waals surface area contributed by atoms with Gasteiger partial charge in [0.25, 0.3) is 10.0 Å². The second-order valence-corrected chi connectivity index (χ2v) is 9.25. The minimum atomic E-state index is -4.09. The number of amides is 1. The molecule has 5 nitrogen and oxygen atoms in total. The lowest BCUT2D eigenvalue weighted by molar-refractivity contribution is -0.114. The number of carbonyl (C=O) groups excluding carboxylic acids is 1. The van der Waals surface area contributed by atoms with Crippen LogP contribution in [0.4, 0.5) is 15.8 Å². The molecule has 1 heterocycles. The second-order valence-electron chi connectivity index (χ2n) is 6.21. The summed E-state index contributed by atoms with van der Waals surface area (Å²) in [5.41, 5.74) is 2.15. The Labute approximate surface area is 167 Å². The molecular weight excluding hydrogens is 399 g/mol. The molecule has 146 valence electrons. The molecule has 0 spiro atoms. The summed E-state index contributed by atoms with van der Waals surface area (Å²) in [6.07, 6.45) is 0. The molecule has 0 fully saturated rings. The third kappa shape index (κ3) is 4.07. The van der Waals surface area contributed by atoms with E-state index < -0.39 is 28.3 Å². The zero-order valence-electron chi connectivity index (χ0n) is 15.3. The van der Waals surface area contributed by atoms with Crippen LogP contribution in [0.1, 0.15) is 11.1 Å². The Balaban J connectivity index is 1.96. The molecule has 0 atom stereocenters. The number of sulfonamides is 1. The first-order chi connectivity index (χ1) is 13.3. The van der Waals surface area contributed by atoms with Crippen LogP contribution in [0.5, 0.6) is 0 Å². The third-order valence-electron chi connectivity index (χ3n) is 4.19. The standard InChI is InChI=1S/C20H19FN2O3S2/c1-14-7-5-8-15(2)20(14)22-18(24)13-23(17-10-4-3-9-16(17)21)28(25,26)19-11-6-12-27-19/h3-12H,13H2,1-2H3,(H,22,24). The van der Waals surface area contributed by atoms with Crippen molar-refractivity contribution >= 4 is 38.6 Å². The van der Waals surface area contributed by atoms with E-state index in [-0.39, 0.29) is 9.90 Å². The number of aryl methyl sites for hydroxylation is 2. The first-order valence-corrected chi connectivity index (χ1v) is 10.8. The molecule has 1 aromatic heterocycles. The van der Waals surface area contributed by atoms with Crippen molar-refractivity contribution in [3.8, 4) is 0 Å². The average Bonchev–Trinajstić information content (AvgIpc) is 3.19. The van der Waals surface area contributed by atoms with Gasteiger partial charge in [-0.05, 0) is 48.6 Å². The molecule has 1 amide bonds. The second kappa shape index (κ2) is 8.12. The lowest BCUT2D eigenvalue weighted by Crippen LogP contribution is -2.38. The summed E-state index contributed by atoms with van der Waals surface area (Å²) in [6.45, 7) is 3.15. The highest BCUT2D eigenvalue weighted by Gasteiger charge is 2.30. The van der Waals surface area contributed by atoms with Crippen molar-refractivity contribution in [3.63, 3.8) is 0 Å². The Morgan fingerprint density at radius 1 is 1.04 bits per heavy atom. The summed E-state index contributed by atoms with van der Waals surface area (Å²) in [5.74, 6) is -1.27. The van der Waals surface area contributed by atoms with Gasteiger partial charge in [-0.15, -0.1) is 11.3 Å². The lowest BCUT2D eigenvalue weighted by Gasteiger charge is -2.24. The Hall–Kier alpha value is -2.71. The molecular formula is C20H19FN2O3S2. The van der Waals surface area contributed by atoms with Crippen molar-refractivity contribution in [3.05, 3.63) is 76.9 Å². The third-order valence-corrected chi connectivity index (χ3v) is 7.33. The van der Waals surface area contributed by atoms with E-state index in [4.69, 9.17) is 0 Å². The van der Waals surface area contributed by atoms with Crippen molar-refractivity contribution in [1.82, 2.24) is 0 Å². The normalized spacial score (nSPS) is 11.2. The number of benzene rings is 2. The Bertz CT molecular complexity index is 1080. The van der Waals surface area contributed by atoms with Crippen LogP contribution in [0.3, 0.4) is 0 Å². The predicted octanol–water partition coefficient (Wildman–Crippen LogP) is 4.34. The Morgan fingerprint density at radius 3 is 2.32 bits per heavy atom. The van der Waals surface area contributed by atoms with E-state index in [0.717, 1.165) is 32.8 Å². The quantitative estimate of drug-likeness (QED) is 0.648. The van der Waals surface area contributed by atoms with Crippen LogP contribution in [0.2, 0.25) is 0 Å². The fraction of sp³-hybridized carbons (Fsp3) is 0.150. The van der Waals surface area contributed by atoms with Crippen LogP contribution in [-0.2, 0) is 14.8 Å². The maximum Gasteiger partial charge on any atom is 0.274 e. The summed E-state index contributed by atoms with van der Waals surface area (Å²) < 4.78 is 41.3. The number of halogens is 1. The highest BCUT2D eigenvalue weighted by Crippen LogP contribution is 2.28. The van der Waals surface area contributed by atoms with E-state index in [1.165, 1.54) is 24.3 Å². The summed E-state index contributed by atoms with van der Waals surface area (Å²) in [5, 5.41) is 4.37. The van der Waals surface area contributed by atoms with E-state index in [9.17, 15) is 17.6 Å². The molecule has 1 N–H and O–H groups in total. The molecule has 8 heteroatoms. The van der Waals surface area contributed by atoms with Crippen molar-refractivity contribution in [2.24, 2.45) is 0 Å². The molecule has 3 aromatic rings. The average molecular weight is 419 g/mol. The fourth-order valence-electron chi connectivity index (χ4n) is 2.79. The van der Waals surface area contributed by atoms with E-state index in [2.05, 4.69) is 5.32 Å². The first-order valence-electron chi connectivity index (χ1n) is 8.47. The SMILES string of the molecule is Cc1cccc(C)c1NC(=O)CN(c1ccccc1F)S(=O)(=O)c1cccs1. The van der Waals surface area contributed by atoms with Gasteiger partial charge in [-0.2, -0.15) is 0 Å².